The highest BCUT2D eigenvalue weighted by atomic mass is 32.2. The standard InChI is InChI=1S/C13H21N3O7S/c1-24-3-2-9(14-7-19)12(22)16-10(6-18)13(23)15-8(5-17)4-11(20)21/h5,7-10,18H,2-4,6H2,1H3,(H,14,19)(H,15,23)(H,16,22)(H,20,21)/t8-,9-,10-/m0/s1. The van der Waals surface area contributed by atoms with Gasteiger partial charge in [-0.05, 0) is 18.4 Å². The van der Waals surface area contributed by atoms with Gasteiger partial charge in [0, 0.05) is 0 Å². The molecule has 0 fully saturated rings. The summed E-state index contributed by atoms with van der Waals surface area (Å²) in [6.45, 7) is -0.757. The summed E-state index contributed by atoms with van der Waals surface area (Å²) in [5, 5.41) is 24.5. The van der Waals surface area contributed by atoms with Crippen LogP contribution in [0.2, 0.25) is 0 Å². The van der Waals surface area contributed by atoms with Crippen molar-refractivity contribution in [2.45, 2.75) is 31.0 Å². The first kappa shape index (κ1) is 21.9. The highest BCUT2D eigenvalue weighted by Gasteiger charge is 2.26. The molecule has 24 heavy (non-hydrogen) atoms. The van der Waals surface area contributed by atoms with E-state index in [1.807, 2.05) is 6.26 Å². The van der Waals surface area contributed by atoms with E-state index >= 15 is 0 Å². The summed E-state index contributed by atoms with van der Waals surface area (Å²) < 4.78 is 0. The van der Waals surface area contributed by atoms with Crippen LogP contribution < -0.4 is 16.0 Å². The van der Waals surface area contributed by atoms with Gasteiger partial charge < -0.3 is 31.0 Å². The molecule has 0 aromatic carbocycles. The minimum atomic E-state index is -1.38. The van der Waals surface area contributed by atoms with Gasteiger partial charge in [0.05, 0.1) is 19.1 Å². The monoisotopic (exact) mass is 363 g/mol. The fourth-order valence-corrected chi connectivity index (χ4v) is 2.15. The van der Waals surface area contributed by atoms with Crippen LogP contribution in [0.4, 0.5) is 0 Å². The normalized spacial score (nSPS) is 13.9. The van der Waals surface area contributed by atoms with E-state index in [1.54, 1.807) is 0 Å². The third-order valence-corrected chi connectivity index (χ3v) is 3.54. The van der Waals surface area contributed by atoms with Gasteiger partial charge in [-0.15, -0.1) is 0 Å². The van der Waals surface area contributed by atoms with Crippen molar-refractivity contribution in [2.75, 3.05) is 18.6 Å². The molecule has 0 radical (unpaired) electrons. The molecule has 3 atom stereocenters. The molecule has 0 saturated heterocycles. The smallest absolute Gasteiger partial charge is 0.305 e. The van der Waals surface area contributed by atoms with Crippen molar-refractivity contribution in [1.29, 1.82) is 0 Å². The van der Waals surface area contributed by atoms with E-state index in [2.05, 4.69) is 16.0 Å². The average molecular weight is 363 g/mol. The highest BCUT2D eigenvalue weighted by Crippen LogP contribution is 2.01. The fourth-order valence-electron chi connectivity index (χ4n) is 1.68. The molecule has 0 spiro atoms. The van der Waals surface area contributed by atoms with E-state index in [0.29, 0.717) is 18.6 Å². The van der Waals surface area contributed by atoms with Crippen LogP contribution in [0.1, 0.15) is 12.8 Å². The summed E-state index contributed by atoms with van der Waals surface area (Å²) in [5.74, 6) is -2.28. The molecule has 0 saturated carbocycles. The number of carbonyl (C=O) groups is 5. The molecule has 0 rings (SSSR count). The van der Waals surface area contributed by atoms with Crippen LogP contribution in [0, 0.1) is 0 Å². The van der Waals surface area contributed by atoms with E-state index < -0.39 is 48.9 Å². The lowest BCUT2D eigenvalue weighted by Crippen LogP contribution is -2.55. The van der Waals surface area contributed by atoms with Crippen LogP contribution in [-0.4, -0.2) is 77.4 Å². The molecular formula is C13H21N3O7S. The van der Waals surface area contributed by atoms with Crippen molar-refractivity contribution in [2.24, 2.45) is 0 Å². The molecule has 0 aliphatic carbocycles. The summed E-state index contributed by atoms with van der Waals surface area (Å²) in [7, 11) is 0. The van der Waals surface area contributed by atoms with Crippen LogP contribution in [0.25, 0.3) is 0 Å². The predicted octanol–water partition coefficient (Wildman–Crippen LogP) is -2.51. The first-order valence-electron chi connectivity index (χ1n) is 6.96. The number of aliphatic hydroxyl groups is 1. The number of aliphatic hydroxyl groups excluding tert-OH is 1. The Morgan fingerprint density at radius 1 is 1.12 bits per heavy atom. The lowest BCUT2D eigenvalue weighted by molar-refractivity contribution is -0.139. The molecule has 0 aliphatic rings. The van der Waals surface area contributed by atoms with Crippen LogP contribution in [0.5, 0.6) is 0 Å². The summed E-state index contributed by atoms with van der Waals surface area (Å²) in [4.78, 5) is 55.8. The van der Waals surface area contributed by atoms with Gasteiger partial charge >= 0.3 is 5.97 Å². The minimum Gasteiger partial charge on any atom is -0.481 e. The quantitative estimate of drug-likeness (QED) is 0.224. The first-order chi connectivity index (χ1) is 11.4. The molecular weight excluding hydrogens is 342 g/mol. The van der Waals surface area contributed by atoms with Gasteiger partial charge in [-0.3, -0.25) is 19.2 Å². The lowest BCUT2D eigenvalue weighted by atomic mass is 10.1. The van der Waals surface area contributed by atoms with Crippen molar-refractivity contribution in [1.82, 2.24) is 16.0 Å². The number of aliphatic carboxylic acids is 1. The zero-order valence-electron chi connectivity index (χ0n) is 13.1. The number of aldehydes is 1. The van der Waals surface area contributed by atoms with Crippen LogP contribution in [-0.2, 0) is 24.0 Å². The first-order valence-corrected chi connectivity index (χ1v) is 8.36. The number of carbonyl (C=O) groups excluding carboxylic acids is 4. The van der Waals surface area contributed by atoms with Crippen molar-refractivity contribution in [3.05, 3.63) is 0 Å². The van der Waals surface area contributed by atoms with Crippen molar-refractivity contribution in [3.63, 3.8) is 0 Å². The topological polar surface area (TPSA) is 162 Å². The Morgan fingerprint density at radius 2 is 1.75 bits per heavy atom. The number of hydrogen-bond donors (Lipinski definition) is 5. The molecule has 0 bridgehead atoms. The van der Waals surface area contributed by atoms with Crippen molar-refractivity contribution < 1.29 is 34.2 Å². The second-order valence-electron chi connectivity index (χ2n) is 4.71. The Kier molecular flexibility index (Phi) is 11.2. The summed E-state index contributed by atoms with van der Waals surface area (Å²) in [5.41, 5.74) is 0. The molecule has 5 N–H and O–H groups in total. The summed E-state index contributed by atoms with van der Waals surface area (Å²) in [6, 6.07) is -3.53. The van der Waals surface area contributed by atoms with Gasteiger partial charge in [-0.1, -0.05) is 0 Å². The number of carboxylic acids is 1. The number of thioether (sulfide) groups is 1. The molecule has 0 aromatic rings. The zero-order chi connectivity index (χ0) is 18.5. The largest absolute Gasteiger partial charge is 0.481 e. The van der Waals surface area contributed by atoms with Crippen LogP contribution in [0.3, 0.4) is 0 Å². The number of hydrogen-bond acceptors (Lipinski definition) is 7. The SMILES string of the molecule is CSCC[C@H](NC=O)C(=O)N[C@@H](CO)C(=O)N[C@H](C=O)CC(=O)O. The maximum Gasteiger partial charge on any atom is 0.305 e. The molecule has 136 valence electrons. The van der Waals surface area contributed by atoms with Crippen LogP contribution in [0.15, 0.2) is 0 Å². The Morgan fingerprint density at radius 3 is 2.21 bits per heavy atom. The maximum absolute atomic E-state index is 12.0. The van der Waals surface area contributed by atoms with Crippen LogP contribution >= 0.6 is 11.8 Å². The van der Waals surface area contributed by atoms with E-state index in [4.69, 9.17) is 5.11 Å². The van der Waals surface area contributed by atoms with Crippen molar-refractivity contribution in [3.8, 4) is 0 Å². The Balaban J connectivity index is 4.77. The molecule has 0 aromatic heterocycles. The van der Waals surface area contributed by atoms with E-state index in [0.717, 1.165) is 0 Å². The van der Waals surface area contributed by atoms with Gasteiger partial charge in [0.25, 0.3) is 0 Å². The second-order valence-corrected chi connectivity index (χ2v) is 5.70. The zero-order valence-corrected chi connectivity index (χ0v) is 13.9. The van der Waals surface area contributed by atoms with Gasteiger partial charge in [0.15, 0.2) is 0 Å². The van der Waals surface area contributed by atoms with E-state index in [9.17, 15) is 29.1 Å². The lowest BCUT2D eigenvalue weighted by Gasteiger charge is -2.21. The third-order valence-electron chi connectivity index (χ3n) is 2.90. The number of nitrogens with one attached hydrogen (secondary N) is 3. The maximum atomic E-state index is 12.0. The Bertz CT molecular complexity index is 461. The number of carboxylic acid groups (broad SMARTS) is 1. The molecule has 3 amide bonds. The van der Waals surface area contributed by atoms with Gasteiger partial charge in [-0.25, -0.2) is 0 Å². The van der Waals surface area contributed by atoms with Gasteiger partial charge in [0.1, 0.15) is 18.4 Å². The number of amides is 3. The number of rotatable bonds is 13. The highest BCUT2D eigenvalue weighted by molar-refractivity contribution is 7.98. The summed E-state index contributed by atoms with van der Waals surface area (Å²) >= 11 is 1.46. The minimum absolute atomic E-state index is 0.248. The molecule has 11 heteroatoms. The molecule has 0 heterocycles. The van der Waals surface area contributed by atoms with Crippen molar-refractivity contribution >= 4 is 42.2 Å². The fraction of sp³-hybridized carbons (Fsp3) is 0.615. The Hall–Kier alpha value is -2.14. The second kappa shape index (κ2) is 12.3. The van der Waals surface area contributed by atoms with E-state index in [1.165, 1.54) is 11.8 Å². The summed E-state index contributed by atoms with van der Waals surface area (Å²) in [6.07, 6.45) is 2.12. The average Bonchev–Trinajstić information content (AvgIpc) is 2.54. The van der Waals surface area contributed by atoms with E-state index in [-0.39, 0.29) is 6.29 Å². The molecule has 0 aliphatic heterocycles. The predicted molar refractivity (Wildman–Crippen MR) is 85.3 cm³/mol. The third kappa shape index (κ3) is 8.48. The molecule has 10 nitrogen and oxygen atoms in total. The van der Waals surface area contributed by atoms with Gasteiger partial charge in [-0.2, -0.15) is 11.8 Å². The molecule has 0 unspecified atom stereocenters. The Labute approximate surface area is 142 Å². The van der Waals surface area contributed by atoms with Gasteiger partial charge in [0.2, 0.25) is 18.2 Å².